The highest BCUT2D eigenvalue weighted by Gasteiger charge is 2.33. The van der Waals surface area contributed by atoms with Gasteiger partial charge in [0.15, 0.2) is 5.13 Å². The van der Waals surface area contributed by atoms with Crippen molar-refractivity contribution in [2.75, 3.05) is 18.5 Å². The predicted octanol–water partition coefficient (Wildman–Crippen LogP) is 4.04. The summed E-state index contributed by atoms with van der Waals surface area (Å²) in [6, 6.07) is 9.35. The molecule has 0 saturated carbocycles. The third-order valence-corrected chi connectivity index (χ3v) is 3.39. The molecule has 0 unspecified atom stereocenters. The van der Waals surface area contributed by atoms with Crippen molar-refractivity contribution in [3.63, 3.8) is 0 Å². The molecular weight excluding hydrogens is 289 g/mol. The lowest BCUT2D eigenvalue weighted by Gasteiger charge is -2.06. The van der Waals surface area contributed by atoms with Crippen LogP contribution in [0.1, 0.15) is 11.3 Å². The van der Waals surface area contributed by atoms with Crippen LogP contribution in [-0.2, 0) is 6.18 Å². The minimum absolute atomic E-state index is 0.275. The number of thiazole rings is 1. The maximum atomic E-state index is 12.4. The Hall–Kier alpha value is -1.76. The number of ether oxygens (including phenoxy) is 1. The monoisotopic (exact) mass is 302 g/mol. The summed E-state index contributed by atoms with van der Waals surface area (Å²) in [4.78, 5) is 2.99. The molecule has 108 valence electrons. The van der Waals surface area contributed by atoms with E-state index in [1.54, 1.807) is 0 Å². The number of hydrogen-bond acceptors (Lipinski definition) is 4. The van der Waals surface area contributed by atoms with Crippen LogP contribution in [0, 0.1) is 0 Å². The number of nitrogens with one attached hydrogen (secondary N) is 1. The van der Waals surface area contributed by atoms with Crippen molar-refractivity contribution in [3.8, 4) is 5.75 Å². The lowest BCUT2D eigenvalue weighted by Crippen LogP contribution is -2.06. The summed E-state index contributed by atoms with van der Waals surface area (Å²) in [5.74, 6) is 0.779. The SMILES string of the molecule is FC(F)(F)c1cnc(NCCCOc2ccccc2)s1. The van der Waals surface area contributed by atoms with Crippen molar-refractivity contribution in [2.45, 2.75) is 12.6 Å². The van der Waals surface area contributed by atoms with Crippen LogP contribution in [0.2, 0.25) is 0 Å². The lowest BCUT2D eigenvalue weighted by atomic mass is 10.3. The van der Waals surface area contributed by atoms with E-state index in [-0.39, 0.29) is 5.13 Å². The number of aromatic nitrogens is 1. The molecular formula is C13H13F3N2OS. The van der Waals surface area contributed by atoms with E-state index >= 15 is 0 Å². The van der Waals surface area contributed by atoms with Crippen LogP contribution in [0.15, 0.2) is 36.5 Å². The Morgan fingerprint density at radius 2 is 1.95 bits per heavy atom. The normalized spacial score (nSPS) is 11.3. The number of rotatable bonds is 6. The van der Waals surface area contributed by atoms with E-state index < -0.39 is 11.1 Å². The molecule has 7 heteroatoms. The highest BCUT2D eigenvalue weighted by molar-refractivity contribution is 7.15. The molecule has 1 aromatic carbocycles. The quantitative estimate of drug-likeness (QED) is 0.818. The highest BCUT2D eigenvalue weighted by Crippen LogP contribution is 2.34. The average molecular weight is 302 g/mol. The fourth-order valence-corrected chi connectivity index (χ4v) is 2.17. The van der Waals surface area contributed by atoms with Crippen LogP contribution in [0.3, 0.4) is 0 Å². The minimum atomic E-state index is -4.33. The molecule has 1 N–H and O–H groups in total. The van der Waals surface area contributed by atoms with Crippen LogP contribution < -0.4 is 10.1 Å². The number of para-hydroxylation sites is 1. The van der Waals surface area contributed by atoms with E-state index in [1.807, 2.05) is 30.3 Å². The molecule has 1 aromatic heterocycles. The Morgan fingerprint density at radius 3 is 2.60 bits per heavy atom. The molecule has 0 bridgehead atoms. The zero-order valence-electron chi connectivity index (χ0n) is 10.5. The molecule has 0 aliphatic carbocycles. The van der Waals surface area contributed by atoms with Gasteiger partial charge in [-0.3, -0.25) is 0 Å². The second kappa shape index (κ2) is 6.60. The largest absolute Gasteiger partial charge is 0.494 e. The van der Waals surface area contributed by atoms with Crippen molar-refractivity contribution >= 4 is 16.5 Å². The first-order chi connectivity index (χ1) is 9.55. The zero-order chi connectivity index (χ0) is 14.4. The number of alkyl halides is 3. The second-order valence-electron chi connectivity index (χ2n) is 3.97. The van der Waals surface area contributed by atoms with Crippen molar-refractivity contribution in [1.82, 2.24) is 4.98 Å². The molecule has 20 heavy (non-hydrogen) atoms. The van der Waals surface area contributed by atoms with Gasteiger partial charge in [-0.15, -0.1) is 0 Å². The maximum absolute atomic E-state index is 12.4. The topological polar surface area (TPSA) is 34.2 Å². The van der Waals surface area contributed by atoms with Crippen molar-refractivity contribution in [2.24, 2.45) is 0 Å². The third-order valence-electron chi connectivity index (χ3n) is 2.39. The van der Waals surface area contributed by atoms with Crippen molar-refractivity contribution in [3.05, 3.63) is 41.4 Å². The number of halogens is 3. The molecule has 0 radical (unpaired) electrons. The van der Waals surface area contributed by atoms with Crippen LogP contribution in [0.4, 0.5) is 18.3 Å². The van der Waals surface area contributed by atoms with E-state index in [4.69, 9.17) is 4.74 Å². The average Bonchev–Trinajstić information content (AvgIpc) is 2.88. The van der Waals surface area contributed by atoms with Crippen LogP contribution >= 0.6 is 11.3 Å². The number of hydrogen-bond donors (Lipinski definition) is 1. The van der Waals surface area contributed by atoms with Crippen molar-refractivity contribution < 1.29 is 17.9 Å². The summed E-state index contributed by atoms with van der Waals surface area (Å²) in [5.41, 5.74) is 0. The van der Waals surface area contributed by atoms with Gasteiger partial charge in [0.25, 0.3) is 0 Å². The van der Waals surface area contributed by atoms with Crippen LogP contribution in [0.5, 0.6) is 5.75 Å². The first-order valence-electron chi connectivity index (χ1n) is 6.00. The van der Waals surface area contributed by atoms with Gasteiger partial charge in [-0.25, -0.2) is 4.98 Å². The van der Waals surface area contributed by atoms with Gasteiger partial charge in [0.05, 0.1) is 12.8 Å². The summed E-state index contributed by atoms with van der Waals surface area (Å²) >= 11 is 0.606. The first-order valence-corrected chi connectivity index (χ1v) is 6.82. The second-order valence-corrected chi connectivity index (χ2v) is 5.00. The molecule has 0 fully saturated rings. The summed E-state index contributed by atoms with van der Waals surface area (Å²) in [6.07, 6.45) is -2.81. The Kier molecular flexibility index (Phi) is 4.84. The summed E-state index contributed by atoms with van der Waals surface area (Å²) < 4.78 is 42.5. The molecule has 0 atom stereocenters. The molecule has 0 aliphatic heterocycles. The standard InChI is InChI=1S/C13H13F3N2OS/c14-13(15,16)11-9-18-12(20-11)17-7-4-8-19-10-5-2-1-3-6-10/h1-3,5-6,9H,4,7-8H2,(H,17,18). The van der Waals surface area contributed by atoms with Gasteiger partial charge in [-0.2, -0.15) is 13.2 Å². The Balaban J connectivity index is 1.67. The molecule has 2 aromatic rings. The van der Waals surface area contributed by atoms with E-state index in [1.165, 1.54) is 0 Å². The van der Waals surface area contributed by atoms with Crippen molar-refractivity contribution in [1.29, 1.82) is 0 Å². The van der Waals surface area contributed by atoms with E-state index in [0.29, 0.717) is 30.9 Å². The predicted molar refractivity (Wildman–Crippen MR) is 72.2 cm³/mol. The van der Waals surface area contributed by atoms with Gasteiger partial charge in [0.2, 0.25) is 0 Å². The first kappa shape index (κ1) is 14.6. The summed E-state index contributed by atoms with van der Waals surface area (Å²) in [6.45, 7) is 1.01. The maximum Gasteiger partial charge on any atom is 0.427 e. The number of anilines is 1. The van der Waals surface area contributed by atoms with Gasteiger partial charge in [0, 0.05) is 6.54 Å². The lowest BCUT2D eigenvalue weighted by molar-refractivity contribution is -0.134. The number of benzene rings is 1. The van der Waals surface area contributed by atoms with E-state index in [9.17, 15) is 13.2 Å². The van der Waals surface area contributed by atoms with Gasteiger partial charge in [-0.1, -0.05) is 29.5 Å². The highest BCUT2D eigenvalue weighted by atomic mass is 32.1. The molecule has 2 rings (SSSR count). The van der Waals surface area contributed by atoms with Crippen LogP contribution in [-0.4, -0.2) is 18.1 Å². The Bertz CT molecular complexity index is 528. The van der Waals surface area contributed by atoms with Gasteiger partial charge < -0.3 is 10.1 Å². The smallest absolute Gasteiger partial charge is 0.427 e. The fraction of sp³-hybridized carbons (Fsp3) is 0.308. The third kappa shape index (κ3) is 4.41. The molecule has 0 aliphatic rings. The van der Waals surface area contributed by atoms with E-state index in [2.05, 4.69) is 10.3 Å². The zero-order valence-corrected chi connectivity index (χ0v) is 11.3. The van der Waals surface area contributed by atoms with Crippen LogP contribution in [0.25, 0.3) is 0 Å². The van der Waals surface area contributed by atoms with Gasteiger partial charge in [0.1, 0.15) is 10.6 Å². The summed E-state index contributed by atoms with van der Waals surface area (Å²) in [7, 11) is 0. The minimum Gasteiger partial charge on any atom is -0.494 e. The number of nitrogens with zero attached hydrogens (tertiary/aromatic N) is 1. The Morgan fingerprint density at radius 1 is 1.20 bits per heavy atom. The molecule has 0 amide bonds. The molecule has 1 heterocycles. The molecule has 0 saturated heterocycles. The van der Waals surface area contributed by atoms with Gasteiger partial charge >= 0.3 is 6.18 Å². The molecule has 0 spiro atoms. The van der Waals surface area contributed by atoms with E-state index in [0.717, 1.165) is 11.9 Å². The molecule has 3 nitrogen and oxygen atoms in total. The summed E-state index contributed by atoms with van der Waals surface area (Å²) in [5, 5.41) is 3.13. The fourth-order valence-electron chi connectivity index (χ4n) is 1.46. The Labute approximate surface area is 118 Å². The van der Waals surface area contributed by atoms with Gasteiger partial charge in [-0.05, 0) is 18.6 Å².